The van der Waals surface area contributed by atoms with Crippen molar-refractivity contribution in [2.24, 2.45) is 0 Å². The summed E-state index contributed by atoms with van der Waals surface area (Å²) < 4.78 is 25.5. The average Bonchev–Trinajstić information content (AvgIpc) is 2.79. The Morgan fingerprint density at radius 3 is 2.12 bits per heavy atom. The van der Waals surface area contributed by atoms with Crippen LogP contribution in [0.3, 0.4) is 0 Å². The summed E-state index contributed by atoms with van der Waals surface area (Å²) >= 11 is 0. The van der Waals surface area contributed by atoms with Crippen molar-refractivity contribution in [3.05, 3.63) is 36.4 Å². The van der Waals surface area contributed by atoms with Crippen LogP contribution in [0, 0.1) is 5.82 Å². The Balaban J connectivity index is 1.78. The maximum Gasteiger partial charge on any atom is 0.311 e. The topological polar surface area (TPSA) is 61.3 Å². The van der Waals surface area contributed by atoms with E-state index in [0.717, 1.165) is 32.1 Å². The van der Waals surface area contributed by atoms with Gasteiger partial charge >= 0.3 is 5.97 Å². The first-order valence-corrected chi connectivity index (χ1v) is 12.1. The van der Waals surface area contributed by atoms with Crippen LogP contribution in [-0.2, 0) is 4.79 Å². The molecule has 6 heteroatoms. The molecule has 5 nitrogen and oxygen atoms in total. The molecule has 1 aromatic carbocycles. The van der Waals surface area contributed by atoms with Crippen LogP contribution in [0.5, 0.6) is 11.5 Å². The third-order valence-electron chi connectivity index (χ3n) is 5.29. The molecule has 0 bridgehead atoms. The molecule has 1 heterocycles. The number of nitrogens with zero attached hydrogens (tertiary/aromatic N) is 2. The van der Waals surface area contributed by atoms with Gasteiger partial charge in [-0.2, -0.15) is 0 Å². The van der Waals surface area contributed by atoms with Crippen LogP contribution < -0.4 is 9.47 Å². The fourth-order valence-electron chi connectivity index (χ4n) is 3.40. The molecule has 0 fully saturated rings. The molecule has 2 rings (SSSR count). The molecule has 176 valence electrons. The lowest BCUT2D eigenvalue weighted by Gasteiger charge is -2.09. The van der Waals surface area contributed by atoms with Crippen LogP contribution in [-0.4, -0.2) is 22.5 Å². The van der Waals surface area contributed by atoms with Gasteiger partial charge in [0.15, 0.2) is 11.6 Å². The third-order valence-corrected chi connectivity index (χ3v) is 5.29. The van der Waals surface area contributed by atoms with Crippen molar-refractivity contribution < 1.29 is 18.7 Å². The van der Waals surface area contributed by atoms with Gasteiger partial charge < -0.3 is 9.47 Å². The Morgan fingerprint density at radius 1 is 0.844 bits per heavy atom. The highest BCUT2D eigenvalue weighted by molar-refractivity contribution is 5.72. The highest BCUT2D eigenvalue weighted by Gasteiger charge is 2.11. The lowest BCUT2D eigenvalue weighted by Crippen LogP contribution is -2.08. The number of unbranched alkanes of at least 4 members (excludes halogenated alkanes) is 9. The van der Waals surface area contributed by atoms with E-state index >= 15 is 0 Å². The summed E-state index contributed by atoms with van der Waals surface area (Å²) in [6.07, 6.45) is 15.6. The zero-order chi connectivity index (χ0) is 23.0. The maximum absolute atomic E-state index is 14.5. The molecule has 0 atom stereocenters. The summed E-state index contributed by atoms with van der Waals surface area (Å²) in [6.45, 7) is 4.94. The highest BCUT2D eigenvalue weighted by Crippen LogP contribution is 2.24. The molecule has 1 aromatic heterocycles. The molecule has 0 N–H and O–H groups in total. The van der Waals surface area contributed by atoms with E-state index in [0.29, 0.717) is 18.8 Å². The molecular formula is C26H37FN2O3. The fraction of sp³-hybridized carbons (Fsp3) is 0.577. The summed E-state index contributed by atoms with van der Waals surface area (Å²) in [4.78, 5) is 20.3. The first-order valence-electron chi connectivity index (χ1n) is 12.1. The number of aromatic nitrogens is 2. The van der Waals surface area contributed by atoms with Gasteiger partial charge in [-0.05, 0) is 25.0 Å². The molecule has 0 saturated carbocycles. The molecule has 0 amide bonds. The number of halogens is 1. The third kappa shape index (κ3) is 9.75. The van der Waals surface area contributed by atoms with Gasteiger partial charge in [0.05, 0.1) is 24.6 Å². The Hall–Kier alpha value is -2.50. The van der Waals surface area contributed by atoms with E-state index in [1.54, 1.807) is 12.1 Å². The predicted octanol–water partition coefficient (Wildman–Crippen LogP) is 7.29. The first kappa shape index (κ1) is 25.8. The molecule has 0 aliphatic heterocycles. The molecule has 2 aromatic rings. The van der Waals surface area contributed by atoms with E-state index in [2.05, 4.69) is 23.8 Å². The molecule has 0 spiro atoms. The number of carbonyl (C=O) groups excluding carboxylic acids is 1. The van der Waals surface area contributed by atoms with Gasteiger partial charge in [-0.3, -0.25) is 4.79 Å². The Kier molecular flexibility index (Phi) is 12.3. The number of esters is 1. The minimum absolute atomic E-state index is 0.240. The fourth-order valence-corrected chi connectivity index (χ4v) is 3.40. The molecule has 0 saturated heterocycles. The first-order chi connectivity index (χ1) is 15.6. The van der Waals surface area contributed by atoms with E-state index in [9.17, 15) is 9.18 Å². The van der Waals surface area contributed by atoms with Gasteiger partial charge in [-0.15, -0.1) is 0 Å². The van der Waals surface area contributed by atoms with Crippen molar-refractivity contribution in [3.63, 3.8) is 0 Å². The quantitative estimate of drug-likeness (QED) is 0.201. The van der Waals surface area contributed by atoms with Gasteiger partial charge in [0.1, 0.15) is 11.6 Å². The molecular weight excluding hydrogens is 407 g/mol. The minimum atomic E-state index is -0.443. The van der Waals surface area contributed by atoms with Crippen LogP contribution in [0.4, 0.5) is 4.39 Å². The second-order valence-electron chi connectivity index (χ2n) is 8.14. The zero-order valence-electron chi connectivity index (χ0n) is 19.6. The van der Waals surface area contributed by atoms with Crippen molar-refractivity contribution in [2.75, 3.05) is 6.61 Å². The number of carbonyl (C=O) groups is 1. The second-order valence-corrected chi connectivity index (χ2v) is 8.14. The second kappa shape index (κ2) is 15.3. The lowest BCUT2D eigenvalue weighted by atomic mass is 10.1. The number of benzene rings is 1. The molecule has 0 radical (unpaired) electrons. The lowest BCUT2D eigenvalue weighted by molar-refractivity contribution is -0.134. The minimum Gasteiger partial charge on any atom is -0.493 e. The summed E-state index contributed by atoms with van der Waals surface area (Å²) in [7, 11) is 0. The Labute approximate surface area is 191 Å². The van der Waals surface area contributed by atoms with Crippen molar-refractivity contribution in [1.29, 1.82) is 0 Å². The Bertz CT molecular complexity index is 796. The molecule has 0 aliphatic rings. The van der Waals surface area contributed by atoms with Crippen LogP contribution in [0.2, 0.25) is 0 Å². The van der Waals surface area contributed by atoms with Crippen molar-refractivity contribution in [3.8, 4) is 22.9 Å². The summed E-state index contributed by atoms with van der Waals surface area (Å²) in [5.74, 6) is 0.278. The van der Waals surface area contributed by atoms with E-state index < -0.39 is 5.82 Å². The van der Waals surface area contributed by atoms with E-state index in [1.165, 1.54) is 57.0 Å². The van der Waals surface area contributed by atoms with E-state index in [-0.39, 0.29) is 23.1 Å². The molecule has 0 aliphatic carbocycles. The normalized spacial score (nSPS) is 10.8. The molecule has 0 unspecified atom stereocenters. The van der Waals surface area contributed by atoms with Crippen molar-refractivity contribution >= 4 is 5.97 Å². The van der Waals surface area contributed by atoms with Gasteiger partial charge in [0.25, 0.3) is 0 Å². The number of hydrogen-bond acceptors (Lipinski definition) is 5. The SMILES string of the molecule is CCCCCCCCC(=O)Oc1cnc(-c2ccc(OCCCCCCC)cc2F)nc1. The van der Waals surface area contributed by atoms with Crippen LogP contribution in [0.25, 0.3) is 11.4 Å². The molecule has 32 heavy (non-hydrogen) atoms. The smallest absolute Gasteiger partial charge is 0.311 e. The number of rotatable bonds is 16. The standard InChI is InChI=1S/C26H37FN2O3/c1-3-5-7-9-10-12-14-25(30)32-22-19-28-26(29-20-22)23-16-15-21(18-24(23)27)31-17-13-11-8-6-4-2/h15-16,18-20H,3-14,17H2,1-2H3. The van der Waals surface area contributed by atoms with E-state index in [1.807, 2.05) is 0 Å². The predicted molar refractivity (Wildman–Crippen MR) is 125 cm³/mol. The van der Waals surface area contributed by atoms with Gasteiger partial charge in [0, 0.05) is 12.5 Å². The van der Waals surface area contributed by atoms with Crippen LogP contribution in [0.15, 0.2) is 30.6 Å². The van der Waals surface area contributed by atoms with Crippen molar-refractivity contribution in [2.45, 2.75) is 90.9 Å². The highest BCUT2D eigenvalue weighted by atomic mass is 19.1. The van der Waals surface area contributed by atoms with Crippen LogP contribution in [0.1, 0.15) is 90.9 Å². The summed E-state index contributed by atoms with van der Waals surface area (Å²) in [5, 5.41) is 0. The van der Waals surface area contributed by atoms with Gasteiger partial charge in [-0.25, -0.2) is 14.4 Å². The monoisotopic (exact) mass is 444 g/mol. The van der Waals surface area contributed by atoms with Crippen molar-refractivity contribution in [1.82, 2.24) is 9.97 Å². The largest absolute Gasteiger partial charge is 0.493 e. The summed E-state index contributed by atoms with van der Waals surface area (Å²) in [6, 6.07) is 4.70. The van der Waals surface area contributed by atoms with Crippen LogP contribution >= 0.6 is 0 Å². The zero-order valence-corrected chi connectivity index (χ0v) is 19.6. The van der Waals surface area contributed by atoms with E-state index in [4.69, 9.17) is 9.47 Å². The van der Waals surface area contributed by atoms with Gasteiger partial charge in [0.2, 0.25) is 0 Å². The Morgan fingerprint density at radius 2 is 1.47 bits per heavy atom. The van der Waals surface area contributed by atoms with Gasteiger partial charge in [-0.1, -0.05) is 71.6 Å². The summed E-state index contributed by atoms with van der Waals surface area (Å²) in [5.41, 5.74) is 0.283. The average molecular weight is 445 g/mol. The number of hydrogen-bond donors (Lipinski definition) is 0. The maximum atomic E-state index is 14.5. The number of ether oxygens (including phenoxy) is 2.